The summed E-state index contributed by atoms with van der Waals surface area (Å²) in [5.74, 6) is 0. The van der Waals surface area contributed by atoms with Gasteiger partial charge in [0.05, 0.1) is 5.69 Å². The van der Waals surface area contributed by atoms with Crippen LogP contribution in [0.15, 0.2) is 6.07 Å². The summed E-state index contributed by atoms with van der Waals surface area (Å²) < 4.78 is 0. The third-order valence-electron chi connectivity index (χ3n) is 0.834. The molecule has 0 unspecified atom stereocenters. The fraction of sp³-hybridized carbons (Fsp3) is 0.400. The Labute approximate surface area is 91.5 Å². The first-order valence-corrected chi connectivity index (χ1v) is 2.27. The van der Waals surface area contributed by atoms with Crippen LogP contribution >= 0.6 is 0 Å². The van der Waals surface area contributed by atoms with E-state index in [2.05, 4.69) is 10.2 Å². The van der Waals surface area contributed by atoms with Crippen molar-refractivity contribution in [3.63, 3.8) is 0 Å². The van der Waals surface area contributed by atoms with Crippen molar-refractivity contribution >= 4 is 51.4 Å². The summed E-state index contributed by atoms with van der Waals surface area (Å²) in [6.07, 6.45) is 0. The summed E-state index contributed by atoms with van der Waals surface area (Å²) >= 11 is 0. The van der Waals surface area contributed by atoms with Gasteiger partial charge in [-0.05, 0) is 19.9 Å². The van der Waals surface area contributed by atoms with Crippen LogP contribution in [0.1, 0.15) is 11.4 Å². The van der Waals surface area contributed by atoms with Crippen LogP contribution in [0.2, 0.25) is 0 Å². The molecule has 0 bridgehead atoms. The number of rotatable bonds is 0. The molecule has 8 heavy (non-hydrogen) atoms. The predicted molar refractivity (Wildman–Crippen MR) is 35.2 cm³/mol. The van der Waals surface area contributed by atoms with Crippen molar-refractivity contribution in [3.05, 3.63) is 17.5 Å². The van der Waals surface area contributed by atoms with E-state index in [4.69, 9.17) is 0 Å². The van der Waals surface area contributed by atoms with Gasteiger partial charge in [-0.15, -0.1) is 0 Å². The Bertz CT molecular complexity index is 143. The van der Waals surface area contributed by atoms with Gasteiger partial charge in [0, 0.05) is 5.69 Å². The third-order valence-corrected chi connectivity index (χ3v) is 0.834. The Hall–Kier alpha value is 0.846. The fourth-order valence-electron chi connectivity index (χ4n) is 0.554. The van der Waals surface area contributed by atoms with Crippen molar-refractivity contribution in [2.45, 2.75) is 13.8 Å². The molecule has 2 nitrogen and oxygen atoms in total. The van der Waals surface area contributed by atoms with Gasteiger partial charge < -0.3 is 0 Å². The third kappa shape index (κ3) is 2.41. The summed E-state index contributed by atoms with van der Waals surface area (Å²) in [6.45, 7) is 3.95. The normalized spacial score (nSPS) is 8.25. The zero-order valence-corrected chi connectivity index (χ0v) is 4.52. The Morgan fingerprint density at radius 3 is 2.25 bits per heavy atom. The molecule has 40 valence electrons. The molecule has 0 aliphatic rings. The monoisotopic (exact) mass is 136 g/mol. The SMILES string of the molecule is Cc1cc(C)[nH]n1.[KH]. The van der Waals surface area contributed by atoms with E-state index in [1.165, 1.54) is 0 Å². The topological polar surface area (TPSA) is 28.7 Å². The number of H-pyrrole nitrogens is 1. The molecule has 0 saturated carbocycles. The van der Waals surface area contributed by atoms with Crippen LogP contribution in [-0.4, -0.2) is 61.6 Å². The van der Waals surface area contributed by atoms with Crippen LogP contribution in [0.4, 0.5) is 0 Å². The standard InChI is InChI=1S/C5H8N2.K.H/c1-4-3-5(2)7-6-4;;/h3H,1-2H3,(H,6,7);;. The van der Waals surface area contributed by atoms with Crippen LogP contribution in [0.5, 0.6) is 0 Å². The maximum absolute atomic E-state index is 3.89. The summed E-state index contributed by atoms with van der Waals surface area (Å²) in [7, 11) is 0. The Morgan fingerprint density at radius 2 is 2.12 bits per heavy atom. The molecule has 3 heteroatoms. The van der Waals surface area contributed by atoms with Crippen LogP contribution < -0.4 is 0 Å². The van der Waals surface area contributed by atoms with Gasteiger partial charge in [0.25, 0.3) is 0 Å². The van der Waals surface area contributed by atoms with Gasteiger partial charge in [0.2, 0.25) is 0 Å². The van der Waals surface area contributed by atoms with Crippen LogP contribution in [0, 0.1) is 13.8 Å². The second kappa shape index (κ2) is 3.79. The molecule has 0 aliphatic heterocycles. The Kier molecular flexibility index (Phi) is 4.19. The molecule has 1 N–H and O–H groups in total. The van der Waals surface area contributed by atoms with Crippen LogP contribution in [-0.2, 0) is 0 Å². The molecule has 1 aromatic heterocycles. The number of hydrogen-bond donors (Lipinski definition) is 1. The van der Waals surface area contributed by atoms with Crippen molar-refractivity contribution in [2.75, 3.05) is 0 Å². The molecule has 0 radical (unpaired) electrons. The first kappa shape index (κ1) is 8.85. The fourth-order valence-corrected chi connectivity index (χ4v) is 0.554. The molecule has 1 aromatic rings. The number of aryl methyl sites for hydroxylation is 2. The summed E-state index contributed by atoms with van der Waals surface area (Å²) in [4.78, 5) is 0. The number of aromatic amines is 1. The van der Waals surface area contributed by atoms with Gasteiger partial charge in [-0.1, -0.05) is 0 Å². The average Bonchev–Trinajstić information content (AvgIpc) is 1.87. The van der Waals surface area contributed by atoms with Crippen LogP contribution in [0.3, 0.4) is 0 Å². The minimum atomic E-state index is 0. The van der Waals surface area contributed by atoms with E-state index in [0.29, 0.717) is 0 Å². The number of aromatic nitrogens is 2. The van der Waals surface area contributed by atoms with Gasteiger partial charge in [-0.2, -0.15) is 5.10 Å². The Balaban J connectivity index is 0.000000490. The van der Waals surface area contributed by atoms with E-state index >= 15 is 0 Å². The molecule has 1 rings (SSSR count). The van der Waals surface area contributed by atoms with Crippen molar-refractivity contribution in [1.29, 1.82) is 0 Å². The first-order chi connectivity index (χ1) is 3.29. The van der Waals surface area contributed by atoms with E-state index in [0.717, 1.165) is 11.4 Å². The summed E-state index contributed by atoms with van der Waals surface area (Å²) in [5, 5.41) is 6.71. The second-order valence-electron chi connectivity index (χ2n) is 1.69. The quantitative estimate of drug-likeness (QED) is 0.513. The van der Waals surface area contributed by atoms with Gasteiger partial charge in [-0.25, -0.2) is 0 Å². The van der Waals surface area contributed by atoms with Gasteiger partial charge in [0.15, 0.2) is 0 Å². The van der Waals surface area contributed by atoms with Gasteiger partial charge in [-0.3, -0.25) is 5.10 Å². The van der Waals surface area contributed by atoms with E-state index < -0.39 is 0 Å². The first-order valence-electron chi connectivity index (χ1n) is 2.27. The molecule has 0 atom stereocenters. The number of hydrogen-bond acceptors (Lipinski definition) is 1. The second-order valence-corrected chi connectivity index (χ2v) is 1.69. The van der Waals surface area contributed by atoms with E-state index in [1.807, 2.05) is 19.9 Å². The molecule has 0 aromatic carbocycles. The maximum atomic E-state index is 3.89. The van der Waals surface area contributed by atoms with Crippen molar-refractivity contribution < 1.29 is 0 Å². The molecule has 0 amide bonds. The molecule has 0 saturated heterocycles. The van der Waals surface area contributed by atoms with Crippen molar-refractivity contribution in [2.24, 2.45) is 0 Å². The zero-order valence-electron chi connectivity index (χ0n) is 4.52. The van der Waals surface area contributed by atoms with E-state index in [-0.39, 0.29) is 51.4 Å². The van der Waals surface area contributed by atoms with Crippen molar-refractivity contribution in [3.8, 4) is 0 Å². The van der Waals surface area contributed by atoms with Crippen molar-refractivity contribution in [1.82, 2.24) is 10.2 Å². The molecular weight excluding hydrogens is 127 g/mol. The van der Waals surface area contributed by atoms with E-state index in [1.54, 1.807) is 0 Å². The average molecular weight is 136 g/mol. The summed E-state index contributed by atoms with van der Waals surface area (Å²) in [5.41, 5.74) is 2.18. The molecule has 0 fully saturated rings. The number of nitrogens with one attached hydrogen (secondary N) is 1. The van der Waals surface area contributed by atoms with Gasteiger partial charge >= 0.3 is 51.4 Å². The minimum absolute atomic E-state index is 0. The number of nitrogens with zero attached hydrogens (tertiary/aromatic N) is 1. The van der Waals surface area contributed by atoms with Crippen LogP contribution in [0.25, 0.3) is 0 Å². The predicted octanol–water partition coefficient (Wildman–Crippen LogP) is 0.378. The molecule has 0 spiro atoms. The van der Waals surface area contributed by atoms with E-state index in [9.17, 15) is 0 Å². The summed E-state index contributed by atoms with van der Waals surface area (Å²) in [6, 6.07) is 2.00. The van der Waals surface area contributed by atoms with Gasteiger partial charge in [0.1, 0.15) is 0 Å². The molecule has 0 aliphatic carbocycles. The zero-order chi connectivity index (χ0) is 5.28. The molecular formula is C5H9KN2. The Morgan fingerprint density at radius 1 is 1.50 bits per heavy atom. The molecule has 1 heterocycles.